The van der Waals surface area contributed by atoms with Crippen molar-refractivity contribution in [1.82, 2.24) is 0 Å². The Labute approximate surface area is 131 Å². The molecule has 122 valence electrons. The normalized spacial score (nSPS) is 67.9. The first-order valence-corrected chi connectivity index (χ1v) is 9.18. The fraction of sp³-hybridized carbons (Fsp3) is 1.00. The monoisotopic (exact) mass is 306 g/mol. The van der Waals surface area contributed by atoms with Gasteiger partial charge in [-0.25, -0.2) is 0 Å². The number of hydrogen-bond donors (Lipinski definition) is 0. The van der Waals surface area contributed by atoms with E-state index in [4.69, 9.17) is 18.9 Å². The first kappa shape index (κ1) is 13.2. The van der Waals surface area contributed by atoms with Gasteiger partial charge >= 0.3 is 0 Å². The van der Waals surface area contributed by atoms with Gasteiger partial charge in [0, 0.05) is 0 Å². The SMILES string of the molecule is CC12CC(C3OC3C3CCC4OC4C3)C(C3(C)CO3)CC1O2. The van der Waals surface area contributed by atoms with E-state index >= 15 is 0 Å². The third-order valence-electron chi connectivity index (χ3n) is 7.54. The molecule has 4 aliphatic heterocycles. The van der Waals surface area contributed by atoms with Crippen LogP contribution in [-0.4, -0.2) is 48.3 Å². The summed E-state index contributed by atoms with van der Waals surface area (Å²) in [7, 11) is 0. The number of hydrogen-bond acceptors (Lipinski definition) is 4. The van der Waals surface area contributed by atoms with E-state index in [0.717, 1.165) is 18.9 Å². The summed E-state index contributed by atoms with van der Waals surface area (Å²) in [5.74, 6) is 1.98. The Bertz CT molecular complexity index is 517. The first-order chi connectivity index (χ1) is 10.6. The van der Waals surface area contributed by atoms with E-state index in [2.05, 4.69) is 13.8 Å². The lowest BCUT2D eigenvalue weighted by Crippen LogP contribution is -2.41. The van der Waals surface area contributed by atoms with Crippen LogP contribution in [0.1, 0.15) is 46.0 Å². The van der Waals surface area contributed by atoms with Crippen molar-refractivity contribution in [2.45, 2.75) is 87.7 Å². The molecule has 6 aliphatic rings. The lowest BCUT2D eigenvalue weighted by molar-refractivity contribution is 0.104. The zero-order chi connectivity index (χ0) is 14.7. The summed E-state index contributed by atoms with van der Waals surface area (Å²) in [5, 5.41) is 0. The van der Waals surface area contributed by atoms with Crippen LogP contribution in [0.25, 0.3) is 0 Å². The van der Waals surface area contributed by atoms with Crippen LogP contribution < -0.4 is 0 Å². The highest BCUT2D eigenvalue weighted by Crippen LogP contribution is 2.61. The van der Waals surface area contributed by atoms with Crippen LogP contribution in [0.2, 0.25) is 0 Å². The molecular weight excluding hydrogens is 280 g/mol. The minimum atomic E-state index is 0.103. The summed E-state index contributed by atoms with van der Waals surface area (Å²) in [5.41, 5.74) is 0.242. The minimum absolute atomic E-state index is 0.103. The Morgan fingerprint density at radius 2 is 1.77 bits per heavy atom. The maximum atomic E-state index is 6.26. The summed E-state index contributed by atoms with van der Waals surface area (Å²) in [6, 6.07) is 0. The third-order valence-corrected chi connectivity index (χ3v) is 7.54. The molecule has 10 atom stereocenters. The van der Waals surface area contributed by atoms with Crippen molar-refractivity contribution in [3.63, 3.8) is 0 Å². The van der Waals surface area contributed by atoms with Gasteiger partial charge in [-0.05, 0) is 63.7 Å². The highest BCUT2D eigenvalue weighted by Gasteiger charge is 2.68. The quantitative estimate of drug-likeness (QED) is 0.751. The van der Waals surface area contributed by atoms with Gasteiger partial charge in [0.05, 0.1) is 48.3 Å². The van der Waals surface area contributed by atoms with E-state index in [1.165, 1.54) is 25.7 Å². The smallest absolute Gasteiger partial charge is 0.0924 e. The molecule has 0 radical (unpaired) electrons. The van der Waals surface area contributed by atoms with Crippen LogP contribution in [0.4, 0.5) is 0 Å². The van der Waals surface area contributed by atoms with Gasteiger partial charge in [-0.2, -0.15) is 0 Å². The molecule has 6 rings (SSSR count). The maximum absolute atomic E-state index is 6.26. The average Bonchev–Trinajstić information content (AvgIpc) is 3.34. The number of fused-ring (bicyclic) bond motifs is 2. The van der Waals surface area contributed by atoms with E-state index in [9.17, 15) is 0 Å². The molecule has 0 bridgehead atoms. The van der Waals surface area contributed by atoms with Crippen molar-refractivity contribution in [3.8, 4) is 0 Å². The van der Waals surface area contributed by atoms with Crippen LogP contribution in [0, 0.1) is 17.8 Å². The molecule has 0 amide bonds. The molecule has 4 nitrogen and oxygen atoms in total. The molecule has 4 heterocycles. The molecule has 2 saturated carbocycles. The average molecular weight is 306 g/mol. The molecule has 6 fully saturated rings. The molecule has 0 spiro atoms. The van der Waals surface area contributed by atoms with Gasteiger partial charge < -0.3 is 18.9 Å². The van der Waals surface area contributed by atoms with Gasteiger partial charge in [0.2, 0.25) is 0 Å². The molecule has 22 heavy (non-hydrogen) atoms. The zero-order valence-corrected chi connectivity index (χ0v) is 13.5. The van der Waals surface area contributed by atoms with Gasteiger partial charge in [0.15, 0.2) is 0 Å². The predicted octanol–water partition coefficient (Wildman–Crippen LogP) is 2.29. The van der Waals surface area contributed by atoms with E-state index in [-0.39, 0.29) is 11.2 Å². The molecule has 0 aromatic rings. The highest BCUT2D eigenvalue weighted by atomic mass is 16.6. The van der Waals surface area contributed by atoms with Crippen LogP contribution >= 0.6 is 0 Å². The van der Waals surface area contributed by atoms with E-state index in [0.29, 0.717) is 42.4 Å². The molecule has 10 unspecified atom stereocenters. The fourth-order valence-corrected chi connectivity index (χ4v) is 5.75. The van der Waals surface area contributed by atoms with Crippen molar-refractivity contribution in [2.24, 2.45) is 17.8 Å². The van der Waals surface area contributed by atoms with Crippen molar-refractivity contribution < 1.29 is 18.9 Å². The van der Waals surface area contributed by atoms with Crippen LogP contribution in [0.5, 0.6) is 0 Å². The van der Waals surface area contributed by atoms with Gasteiger partial charge in [-0.15, -0.1) is 0 Å². The standard InChI is InChI=1S/C18H26O4/c1-17-7-10(11(6-14(17)22-17)18(2)8-19-18)16-15(21-16)9-3-4-12-13(5-9)20-12/h9-16H,3-8H2,1-2H3. The lowest BCUT2D eigenvalue weighted by Gasteiger charge is -2.34. The Morgan fingerprint density at radius 3 is 2.55 bits per heavy atom. The highest BCUT2D eigenvalue weighted by molar-refractivity contribution is 5.16. The van der Waals surface area contributed by atoms with Crippen LogP contribution in [0.15, 0.2) is 0 Å². The summed E-state index contributed by atoms with van der Waals surface area (Å²) >= 11 is 0. The van der Waals surface area contributed by atoms with Crippen molar-refractivity contribution in [2.75, 3.05) is 6.61 Å². The van der Waals surface area contributed by atoms with E-state index < -0.39 is 0 Å². The first-order valence-electron chi connectivity index (χ1n) is 9.18. The number of epoxide rings is 4. The van der Waals surface area contributed by atoms with Crippen molar-refractivity contribution >= 4 is 0 Å². The van der Waals surface area contributed by atoms with Gasteiger partial charge in [0.25, 0.3) is 0 Å². The van der Waals surface area contributed by atoms with Gasteiger partial charge in [-0.1, -0.05) is 0 Å². The predicted molar refractivity (Wildman–Crippen MR) is 78.5 cm³/mol. The second-order valence-corrected chi connectivity index (χ2v) is 9.08. The maximum Gasteiger partial charge on any atom is 0.0924 e. The third kappa shape index (κ3) is 1.84. The van der Waals surface area contributed by atoms with Gasteiger partial charge in [0.1, 0.15) is 0 Å². The Balaban J connectivity index is 1.20. The van der Waals surface area contributed by atoms with Crippen LogP contribution in [-0.2, 0) is 18.9 Å². The molecule has 0 N–H and O–H groups in total. The zero-order valence-electron chi connectivity index (χ0n) is 13.5. The van der Waals surface area contributed by atoms with Crippen molar-refractivity contribution in [1.29, 1.82) is 0 Å². The molecule has 4 saturated heterocycles. The summed E-state index contributed by atoms with van der Waals surface area (Å²) < 4.78 is 23.8. The minimum Gasteiger partial charge on any atom is -0.370 e. The van der Waals surface area contributed by atoms with Crippen LogP contribution in [0.3, 0.4) is 0 Å². The number of rotatable bonds is 3. The second-order valence-electron chi connectivity index (χ2n) is 9.08. The molecule has 2 aliphatic carbocycles. The molecule has 4 heteroatoms. The second kappa shape index (κ2) is 3.90. The fourth-order valence-electron chi connectivity index (χ4n) is 5.75. The molecule has 0 aromatic heterocycles. The van der Waals surface area contributed by atoms with E-state index in [1.807, 2.05) is 0 Å². The Morgan fingerprint density at radius 1 is 0.909 bits per heavy atom. The van der Waals surface area contributed by atoms with E-state index in [1.54, 1.807) is 0 Å². The summed E-state index contributed by atoms with van der Waals surface area (Å²) in [6.07, 6.45) is 8.67. The largest absolute Gasteiger partial charge is 0.370 e. The molecular formula is C18H26O4. The van der Waals surface area contributed by atoms with Gasteiger partial charge in [-0.3, -0.25) is 0 Å². The molecule has 0 aromatic carbocycles. The van der Waals surface area contributed by atoms with Crippen molar-refractivity contribution in [3.05, 3.63) is 0 Å². The topological polar surface area (TPSA) is 50.1 Å². The summed E-state index contributed by atoms with van der Waals surface area (Å²) in [6.45, 7) is 5.50. The Kier molecular flexibility index (Phi) is 2.34. The lowest BCUT2D eigenvalue weighted by atomic mass is 9.67. The Hall–Kier alpha value is -0.160. The summed E-state index contributed by atoms with van der Waals surface area (Å²) in [4.78, 5) is 0. The number of ether oxygens (including phenoxy) is 4.